The van der Waals surface area contributed by atoms with Crippen molar-refractivity contribution in [2.45, 2.75) is 19.1 Å². The van der Waals surface area contributed by atoms with E-state index in [0.717, 1.165) is 21.0 Å². The topological polar surface area (TPSA) is 91.8 Å². The first kappa shape index (κ1) is 26.6. The number of benzene rings is 3. The van der Waals surface area contributed by atoms with E-state index in [2.05, 4.69) is 20.6 Å². The standard InChI is InChI=1S/C27H20Cl2F3N5O2/c28-17-6-3-7-18(29)23(17)25(39)35-20-9-4-10-21-24(20)36-26(27(30,31)32)37(21)14-22(38)33-12-11-15-13-34-19-8-2-1-5-16(15)19/h1-10,13,34H,11-12,14H2,(H,33,38)(H,35,39). The van der Waals surface area contributed by atoms with Crippen molar-refractivity contribution in [3.63, 3.8) is 0 Å². The minimum absolute atomic E-state index is 0.0116. The van der Waals surface area contributed by atoms with Gasteiger partial charge in [-0.2, -0.15) is 13.2 Å². The molecule has 2 amide bonds. The number of imidazole rings is 1. The molecule has 5 aromatic rings. The predicted molar refractivity (Wildman–Crippen MR) is 144 cm³/mol. The Morgan fingerprint density at radius 3 is 2.44 bits per heavy atom. The van der Waals surface area contributed by atoms with Crippen LogP contribution in [0.25, 0.3) is 21.9 Å². The molecular formula is C27H20Cl2F3N5O2. The van der Waals surface area contributed by atoms with Crippen LogP contribution in [0.2, 0.25) is 10.0 Å². The summed E-state index contributed by atoms with van der Waals surface area (Å²) in [7, 11) is 0. The lowest BCUT2D eigenvalue weighted by Crippen LogP contribution is -2.30. The lowest BCUT2D eigenvalue weighted by atomic mass is 10.1. The van der Waals surface area contributed by atoms with E-state index in [-0.39, 0.29) is 38.9 Å². The van der Waals surface area contributed by atoms with E-state index < -0.39 is 30.4 Å². The molecule has 12 heteroatoms. The minimum atomic E-state index is -4.85. The number of nitrogens with one attached hydrogen (secondary N) is 3. The number of rotatable bonds is 7. The van der Waals surface area contributed by atoms with E-state index in [0.29, 0.717) is 6.42 Å². The number of hydrogen-bond donors (Lipinski definition) is 3. The zero-order chi connectivity index (χ0) is 27.7. The van der Waals surface area contributed by atoms with Crippen molar-refractivity contribution in [2.75, 3.05) is 11.9 Å². The molecule has 0 saturated heterocycles. The van der Waals surface area contributed by atoms with Crippen molar-refractivity contribution >= 4 is 62.6 Å². The first-order valence-electron chi connectivity index (χ1n) is 11.8. The Morgan fingerprint density at radius 1 is 0.974 bits per heavy atom. The summed E-state index contributed by atoms with van der Waals surface area (Å²) < 4.78 is 42.6. The van der Waals surface area contributed by atoms with Crippen LogP contribution in [-0.2, 0) is 23.9 Å². The molecule has 0 aliphatic rings. The summed E-state index contributed by atoms with van der Waals surface area (Å²) in [5, 5.41) is 6.39. The maximum atomic E-state index is 13.9. The van der Waals surface area contributed by atoms with E-state index in [4.69, 9.17) is 23.2 Å². The second-order valence-corrected chi connectivity index (χ2v) is 9.52. The van der Waals surface area contributed by atoms with Crippen LogP contribution in [0.5, 0.6) is 0 Å². The van der Waals surface area contributed by atoms with Crippen LogP contribution in [0.3, 0.4) is 0 Å². The molecule has 3 aromatic carbocycles. The highest BCUT2D eigenvalue weighted by Gasteiger charge is 2.38. The average molecular weight is 574 g/mol. The summed E-state index contributed by atoms with van der Waals surface area (Å²) in [5.41, 5.74) is 1.82. The highest BCUT2D eigenvalue weighted by molar-refractivity contribution is 6.40. The normalized spacial score (nSPS) is 11.7. The largest absolute Gasteiger partial charge is 0.449 e. The maximum absolute atomic E-state index is 13.9. The Bertz CT molecular complexity index is 1690. The number of amides is 2. The molecule has 5 rings (SSSR count). The number of H-pyrrole nitrogens is 1. The summed E-state index contributed by atoms with van der Waals surface area (Å²) >= 11 is 12.2. The van der Waals surface area contributed by atoms with Crippen molar-refractivity contribution in [1.29, 1.82) is 0 Å². The van der Waals surface area contributed by atoms with Crippen LogP contribution in [0, 0.1) is 0 Å². The molecule has 2 aromatic heterocycles. The van der Waals surface area contributed by atoms with Gasteiger partial charge < -0.3 is 20.2 Å². The van der Waals surface area contributed by atoms with Crippen LogP contribution in [0.1, 0.15) is 21.7 Å². The number of aromatic amines is 1. The molecule has 2 heterocycles. The van der Waals surface area contributed by atoms with Gasteiger partial charge in [-0.15, -0.1) is 0 Å². The highest BCUT2D eigenvalue weighted by Crippen LogP contribution is 2.34. The number of carbonyl (C=O) groups is 2. The van der Waals surface area contributed by atoms with Gasteiger partial charge in [0.15, 0.2) is 0 Å². The molecule has 39 heavy (non-hydrogen) atoms. The summed E-state index contributed by atoms with van der Waals surface area (Å²) in [6.07, 6.45) is -2.52. The number of alkyl halides is 3. The van der Waals surface area contributed by atoms with Gasteiger partial charge in [-0.25, -0.2) is 4.98 Å². The lowest BCUT2D eigenvalue weighted by Gasteiger charge is -2.12. The molecule has 0 fully saturated rings. The fourth-order valence-electron chi connectivity index (χ4n) is 4.40. The molecule has 3 N–H and O–H groups in total. The first-order valence-corrected chi connectivity index (χ1v) is 12.5. The number of fused-ring (bicyclic) bond motifs is 2. The van der Waals surface area contributed by atoms with Crippen molar-refractivity contribution in [3.8, 4) is 0 Å². The molecule has 0 unspecified atom stereocenters. The Balaban J connectivity index is 1.38. The second-order valence-electron chi connectivity index (χ2n) is 8.70. The Morgan fingerprint density at radius 2 is 1.69 bits per heavy atom. The number of anilines is 1. The summed E-state index contributed by atoms with van der Waals surface area (Å²) in [4.78, 5) is 32.5. The number of halogens is 5. The van der Waals surface area contributed by atoms with Gasteiger partial charge in [0.2, 0.25) is 11.7 Å². The van der Waals surface area contributed by atoms with Gasteiger partial charge in [0.1, 0.15) is 12.1 Å². The van der Waals surface area contributed by atoms with E-state index >= 15 is 0 Å². The average Bonchev–Trinajstić information content (AvgIpc) is 3.46. The smallest absolute Gasteiger partial charge is 0.361 e. The van der Waals surface area contributed by atoms with E-state index in [1.807, 2.05) is 30.5 Å². The van der Waals surface area contributed by atoms with Crippen LogP contribution >= 0.6 is 23.2 Å². The molecule has 0 bridgehead atoms. The molecular weight excluding hydrogens is 554 g/mol. The monoisotopic (exact) mass is 573 g/mol. The van der Waals surface area contributed by atoms with Crippen LogP contribution < -0.4 is 10.6 Å². The van der Waals surface area contributed by atoms with Crippen molar-refractivity contribution in [3.05, 3.63) is 93.9 Å². The zero-order valence-corrected chi connectivity index (χ0v) is 21.6. The van der Waals surface area contributed by atoms with Gasteiger partial charge in [0.05, 0.1) is 26.8 Å². The maximum Gasteiger partial charge on any atom is 0.449 e. The third kappa shape index (κ3) is 5.43. The molecule has 0 atom stereocenters. The molecule has 0 radical (unpaired) electrons. The number of para-hydroxylation sites is 2. The van der Waals surface area contributed by atoms with Gasteiger partial charge >= 0.3 is 6.18 Å². The SMILES string of the molecule is O=C(Cn1c(C(F)(F)F)nc2c(NC(=O)c3c(Cl)cccc3Cl)cccc21)NCCc1c[nH]c2ccccc12. The molecule has 200 valence electrons. The van der Waals surface area contributed by atoms with Crippen LogP contribution in [-0.4, -0.2) is 32.9 Å². The van der Waals surface area contributed by atoms with Gasteiger partial charge in [0.25, 0.3) is 5.91 Å². The molecule has 0 saturated carbocycles. The molecule has 0 aliphatic heterocycles. The summed E-state index contributed by atoms with van der Waals surface area (Å²) in [6.45, 7) is -0.387. The van der Waals surface area contributed by atoms with Crippen LogP contribution in [0.4, 0.5) is 18.9 Å². The van der Waals surface area contributed by atoms with Crippen molar-refractivity contribution in [2.24, 2.45) is 0 Å². The number of nitrogens with zero attached hydrogens (tertiary/aromatic N) is 2. The fourth-order valence-corrected chi connectivity index (χ4v) is 4.97. The third-order valence-electron chi connectivity index (χ3n) is 6.16. The Hall–Kier alpha value is -4.02. The predicted octanol–water partition coefficient (Wildman–Crippen LogP) is 6.45. The third-order valence-corrected chi connectivity index (χ3v) is 6.79. The molecule has 0 spiro atoms. The van der Waals surface area contributed by atoms with Crippen molar-refractivity contribution < 1.29 is 22.8 Å². The highest BCUT2D eigenvalue weighted by atomic mass is 35.5. The Labute approximate surface area is 229 Å². The fraction of sp³-hybridized carbons (Fsp3) is 0.148. The lowest BCUT2D eigenvalue weighted by molar-refractivity contribution is -0.147. The zero-order valence-electron chi connectivity index (χ0n) is 20.1. The van der Waals surface area contributed by atoms with Crippen LogP contribution in [0.15, 0.2) is 66.9 Å². The summed E-state index contributed by atoms with van der Waals surface area (Å²) in [5.74, 6) is -2.59. The number of aromatic nitrogens is 3. The molecule has 0 aliphatic carbocycles. The van der Waals surface area contributed by atoms with Crippen molar-refractivity contribution in [1.82, 2.24) is 19.9 Å². The second kappa shape index (κ2) is 10.6. The van der Waals surface area contributed by atoms with Gasteiger partial charge in [0, 0.05) is 23.6 Å². The Kier molecular flexibility index (Phi) is 7.24. The van der Waals surface area contributed by atoms with E-state index in [9.17, 15) is 22.8 Å². The van der Waals surface area contributed by atoms with Gasteiger partial charge in [-0.05, 0) is 42.3 Å². The first-order chi connectivity index (χ1) is 18.6. The molecule has 7 nitrogen and oxygen atoms in total. The summed E-state index contributed by atoms with van der Waals surface area (Å²) in [6, 6.07) is 16.4. The van der Waals surface area contributed by atoms with E-state index in [1.165, 1.54) is 30.3 Å². The minimum Gasteiger partial charge on any atom is -0.361 e. The van der Waals surface area contributed by atoms with Gasteiger partial charge in [-0.3, -0.25) is 9.59 Å². The van der Waals surface area contributed by atoms with E-state index in [1.54, 1.807) is 6.07 Å². The number of carbonyl (C=O) groups excluding carboxylic acids is 2. The quantitative estimate of drug-likeness (QED) is 0.209. The van der Waals surface area contributed by atoms with Gasteiger partial charge in [-0.1, -0.05) is 53.5 Å². The number of hydrogen-bond acceptors (Lipinski definition) is 3.